The zero-order valence-corrected chi connectivity index (χ0v) is 13.2. The quantitative estimate of drug-likeness (QED) is 0.906. The second-order valence-corrected chi connectivity index (χ2v) is 6.17. The Balaban J connectivity index is 2.32. The summed E-state index contributed by atoms with van der Waals surface area (Å²) in [5, 5.41) is 10.8. The molecule has 3 rings (SSSR count). The second-order valence-electron chi connectivity index (χ2n) is 6.17. The van der Waals surface area contributed by atoms with Gasteiger partial charge in [-0.05, 0) is 38.1 Å². The van der Waals surface area contributed by atoms with Gasteiger partial charge in [0, 0.05) is 37.1 Å². The van der Waals surface area contributed by atoms with Crippen LogP contribution in [0.25, 0.3) is 10.9 Å². The number of likely N-dealkylation sites (N-methyl/N-ethyl adjacent to an activating group) is 1. The maximum atomic E-state index is 11.8. The van der Waals surface area contributed by atoms with E-state index < -0.39 is 5.97 Å². The molecule has 1 aliphatic heterocycles. The first-order valence-electron chi connectivity index (χ1n) is 7.80. The molecule has 0 atom stereocenters. The third-order valence-corrected chi connectivity index (χ3v) is 4.61. The van der Waals surface area contributed by atoms with Crippen LogP contribution in [0.3, 0.4) is 0 Å². The SMILES string of the molecule is Cc1ccc2c3c(n(CCCN)c2c1C(=O)O)CCN(C)C3. The smallest absolute Gasteiger partial charge is 0.338 e. The van der Waals surface area contributed by atoms with Crippen LogP contribution in [0.15, 0.2) is 12.1 Å². The monoisotopic (exact) mass is 301 g/mol. The molecule has 118 valence electrons. The number of rotatable bonds is 4. The van der Waals surface area contributed by atoms with Crippen LogP contribution in [0.1, 0.15) is 33.6 Å². The van der Waals surface area contributed by atoms with Gasteiger partial charge in [-0.1, -0.05) is 12.1 Å². The van der Waals surface area contributed by atoms with Gasteiger partial charge in [-0.25, -0.2) is 4.79 Å². The zero-order valence-electron chi connectivity index (χ0n) is 13.2. The first kappa shape index (κ1) is 15.1. The summed E-state index contributed by atoms with van der Waals surface area (Å²) < 4.78 is 2.21. The number of nitrogens with two attached hydrogens (primary N) is 1. The molecule has 0 unspecified atom stereocenters. The van der Waals surface area contributed by atoms with E-state index >= 15 is 0 Å². The average molecular weight is 301 g/mol. The fourth-order valence-corrected chi connectivity index (χ4v) is 3.54. The number of hydrogen-bond acceptors (Lipinski definition) is 3. The van der Waals surface area contributed by atoms with Gasteiger partial charge in [-0.2, -0.15) is 0 Å². The minimum atomic E-state index is -0.847. The molecular formula is C17H23N3O2. The van der Waals surface area contributed by atoms with Crippen LogP contribution in [0.5, 0.6) is 0 Å². The second kappa shape index (κ2) is 5.74. The molecule has 0 amide bonds. The maximum Gasteiger partial charge on any atom is 0.338 e. The molecule has 1 aromatic heterocycles. The number of carboxylic acid groups (broad SMARTS) is 1. The van der Waals surface area contributed by atoms with Gasteiger partial charge < -0.3 is 20.3 Å². The number of aromatic carboxylic acids is 1. The van der Waals surface area contributed by atoms with Crippen molar-refractivity contribution in [1.82, 2.24) is 9.47 Å². The number of benzene rings is 1. The molecule has 5 nitrogen and oxygen atoms in total. The van der Waals surface area contributed by atoms with Crippen LogP contribution in [0.4, 0.5) is 0 Å². The molecule has 0 aliphatic carbocycles. The predicted molar refractivity (Wildman–Crippen MR) is 87.3 cm³/mol. The highest BCUT2D eigenvalue weighted by Crippen LogP contribution is 2.34. The normalized spacial score (nSPS) is 15.2. The molecule has 0 saturated heterocycles. The number of aromatic nitrogens is 1. The minimum absolute atomic E-state index is 0.437. The number of nitrogens with zero attached hydrogens (tertiary/aromatic N) is 2. The zero-order chi connectivity index (χ0) is 15.9. The van der Waals surface area contributed by atoms with E-state index in [4.69, 9.17) is 5.73 Å². The fourth-order valence-electron chi connectivity index (χ4n) is 3.54. The van der Waals surface area contributed by atoms with E-state index in [1.807, 2.05) is 13.0 Å². The topological polar surface area (TPSA) is 71.5 Å². The van der Waals surface area contributed by atoms with E-state index in [0.29, 0.717) is 12.1 Å². The van der Waals surface area contributed by atoms with Crippen molar-refractivity contribution in [2.24, 2.45) is 5.73 Å². The van der Waals surface area contributed by atoms with Crippen molar-refractivity contribution in [2.75, 3.05) is 20.1 Å². The third kappa shape index (κ3) is 2.30. The van der Waals surface area contributed by atoms with Crippen LogP contribution in [0, 0.1) is 6.92 Å². The summed E-state index contributed by atoms with van der Waals surface area (Å²) in [6, 6.07) is 4.00. The van der Waals surface area contributed by atoms with E-state index in [9.17, 15) is 9.90 Å². The first-order valence-corrected chi connectivity index (χ1v) is 7.80. The van der Waals surface area contributed by atoms with Crippen molar-refractivity contribution >= 4 is 16.9 Å². The highest BCUT2D eigenvalue weighted by Gasteiger charge is 2.26. The fraction of sp³-hybridized carbons (Fsp3) is 0.471. The Morgan fingerprint density at radius 2 is 2.18 bits per heavy atom. The Labute approximate surface area is 130 Å². The molecule has 0 saturated carbocycles. The van der Waals surface area contributed by atoms with Crippen molar-refractivity contribution in [3.05, 3.63) is 34.5 Å². The standard InChI is InChI=1S/C17H23N3O2/c1-11-4-5-12-13-10-19(2)9-6-14(13)20(8-3-7-18)16(12)15(11)17(21)22/h4-5H,3,6-10,18H2,1-2H3,(H,21,22). The van der Waals surface area contributed by atoms with Gasteiger partial charge in [0.25, 0.3) is 0 Å². The molecule has 0 bridgehead atoms. The number of hydrogen-bond donors (Lipinski definition) is 2. The maximum absolute atomic E-state index is 11.8. The van der Waals surface area contributed by atoms with Crippen molar-refractivity contribution in [2.45, 2.75) is 32.9 Å². The molecule has 5 heteroatoms. The van der Waals surface area contributed by atoms with Crippen molar-refractivity contribution < 1.29 is 9.90 Å². The van der Waals surface area contributed by atoms with Gasteiger partial charge >= 0.3 is 5.97 Å². The van der Waals surface area contributed by atoms with Crippen LogP contribution in [0.2, 0.25) is 0 Å². The first-order chi connectivity index (χ1) is 10.5. The Bertz CT molecular complexity index is 733. The number of carboxylic acids is 1. The molecule has 1 aliphatic rings. The Hall–Kier alpha value is -1.85. The van der Waals surface area contributed by atoms with Gasteiger partial charge in [-0.3, -0.25) is 0 Å². The predicted octanol–water partition coefficient (Wildman–Crippen LogP) is 1.98. The number of fused-ring (bicyclic) bond motifs is 3. The highest BCUT2D eigenvalue weighted by atomic mass is 16.4. The molecule has 2 heterocycles. The molecule has 22 heavy (non-hydrogen) atoms. The lowest BCUT2D eigenvalue weighted by atomic mass is 10.0. The molecule has 0 radical (unpaired) electrons. The van der Waals surface area contributed by atoms with Crippen molar-refractivity contribution in [3.8, 4) is 0 Å². The van der Waals surface area contributed by atoms with E-state index in [2.05, 4.69) is 22.6 Å². The lowest BCUT2D eigenvalue weighted by Crippen LogP contribution is -2.27. The summed E-state index contributed by atoms with van der Waals surface area (Å²) in [7, 11) is 2.11. The third-order valence-electron chi connectivity index (χ3n) is 4.61. The van der Waals surface area contributed by atoms with Gasteiger partial charge in [0.2, 0.25) is 0 Å². The highest BCUT2D eigenvalue weighted by molar-refractivity contribution is 6.05. The number of aryl methyl sites for hydroxylation is 2. The van der Waals surface area contributed by atoms with Crippen LogP contribution >= 0.6 is 0 Å². The summed E-state index contributed by atoms with van der Waals surface area (Å²) >= 11 is 0. The lowest BCUT2D eigenvalue weighted by molar-refractivity contribution is 0.0698. The van der Waals surface area contributed by atoms with Crippen LogP contribution in [-0.2, 0) is 19.5 Å². The largest absolute Gasteiger partial charge is 0.478 e. The minimum Gasteiger partial charge on any atom is -0.478 e. The van der Waals surface area contributed by atoms with E-state index in [-0.39, 0.29) is 0 Å². The van der Waals surface area contributed by atoms with Crippen LogP contribution < -0.4 is 5.73 Å². The Morgan fingerprint density at radius 3 is 2.86 bits per heavy atom. The van der Waals surface area contributed by atoms with E-state index in [0.717, 1.165) is 48.9 Å². The van der Waals surface area contributed by atoms with Gasteiger partial charge in [0.1, 0.15) is 0 Å². The van der Waals surface area contributed by atoms with Gasteiger partial charge in [0.15, 0.2) is 0 Å². The number of carbonyl (C=O) groups is 1. The molecule has 0 spiro atoms. The summed E-state index contributed by atoms with van der Waals surface area (Å²) in [6.45, 7) is 5.16. The Kier molecular flexibility index (Phi) is 3.93. The lowest BCUT2D eigenvalue weighted by Gasteiger charge is -2.24. The molecule has 2 aromatic rings. The van der Waals surface area contributed by atoms with Crippen LogP contribution in [-0.4, -0.2) is 40.7 Å². The van der Waals surface area contributed by atoms with E-state index in [1.165, 1.54) is 11.3 Å². The molecule has 0 fully saturated rings. The molecule has 3 N–H and O–H groups in total. The molecule has 1 aromatic carbocycles. The Morgan fingerprint density at radius 1 is 1.41 bits per heavy atom. The van der Waals surface area contributed by atoms with Gasteiger partial charge in [-0.15, -0.1) is 0 Å². The summed E-state index contributed by atoms with van der Waals surface area (Å²) in [5.74, 6) is -0.847. The average Bonchev–Trinajstić information content (AvgIpc) is 2.77. The summed E-state index contributed by atoms with van der Waals surface area (Å²) in [4.78, 5) is 14.1. The summed E-state index contributed by atoms with van der Waals surface area (Å²) in [6.07, 6.45) is 1.82. The van der Waals surface area contributed by atoms with Gasteiger partial charge in [0.05, 0.1) is 11.1 Å². The van der Waals surface area contributed by atoms with Crippen molar-refractivity contribution in [3.63, 3.8) is 0 Å². The van der Waals surface area contributed by atoms with Crippen molar-refractivity contribution in [1.29, 1.82) is 0 Å². The van der Waals surface area contributed by atoms with E-state index in [1.54, 1.807) is 0 Å². The molecular weight excluding hydrogens is 278 g/mol. The summed E-state index contributed by atoms with van der Waals surface area (Å²) in [5.41, 5.74) is 10.4.